The van der Waals surface area contributed by atoms with Crippen molar-refractivity contribution < 1.29 is 17.9 Å². The Kier molecular flexibility index (Phi) is 5.32. The van der Waals surface area contributed by atoms with Gasteiger partial charge in [0.2, 0.25) is 10.0 Å². The highest BCUT2D eigenvalue weighted by molar-refractivity contribution is 7.89. The van der Waals surface area contributed by atoms with Crippen LogP contribution < -0.4 is 5.56 Å². The SMILES string of the molecule is COC(=O)CN(C(C)C)S(=O)(=O)c1c[nH]c(=O)c(Cl)c1. The van der Waals surface area contributed by atoms with Crippen molar-refractivity contribution in [2.24, 2.45) is 0 Å². The van der Waals surface area contributed by atoms with Crippen molar-refractivity contribution in [2.45, 2.75) is 24.8 Å². The van der Waals surface area contributed by atoms with Gasteiger partial charge in [-0.15, -0.1) is 0 Å². The summed E-state index contributed by atoms with van der Waals surface area (Å²) in [7, 11) is -2.80. The van der Waals surface area contributed by atoms with E-state index in [9.17, 15) is 18.0 Å². The molecule has 0 saturated carbocycles. The maximum atomic E-state index is 12.4. The summed E-state index contributed by atoms with van der Waals surface area (Å²) in [6, 6.07) is 0.576. The summed E-state index contributed by atoms with van der Waals surface area (Å²) in [5.74, 6) is -0.683. The molecule has 0 atom stereocenters. The van der Waals surface area contributed by atoms with E-state index in [4.69, 9.17) is 11.6 Å². The Bertz CT molecular complexity index is 653. The molecule has 0 unspecified atom stereocenters. The Hall–Kier alpha value is -1.38. The zero-order valence-electron chi connectivity index (χ0n) is 11.2. The zero-order chi connectivity index (χ0) is 15.5. The predicted molar refractivity (Wildman–Crippen MR) is 73.1 cm³/mol. The van der Waals surface area contributed by atoms with Crippen molar-refractivity contribution in [3.8, 4) is 0 Å². The maximum Gasteiger partial charge on any atom is 0.321 e. The molecular formula is C11H15ClN2O5S. The molecule has 0 radical (unpaired) electrons. The number of carbonyl (C=O) groups is 1. The summed E-state index contributed by atoms with van der Waals surface area (Å²) in [5, 5.41) is -0.243. The van der Waals surface area contributed by atoms with E-state index < -0.39 is 34.1 Å². The van der Waals surface area contributed by atoms with Crippen LogP contribution in [0.4, 0.5) is 0 Å². The normalized spacial score (nSPS) is 11.9. The predicted octanol–water partition coefficient (Wildman–Crippen LogP) is 0.600. The molecule has 0 saturated heterocycles. The van der Waals surface area contributed by atoms with Crippen LogP contribution in [0.5, 0.6) is 0 Å². The minimum atomic E-state index is -3.97. The van der Waals surface area contributed by atoms with Gasteiger partial charge in [-0.2, -0.15) is 4.31 Å². The highest BCUT2D eigenvalue weighted by Gasteiger charge is 2.30. The van der Waals surface area contributed by atoms with Crippen LogP contribution in [-0.4, -0.2) is 43.4 Å². The summed E-state index contributed by atoms with van der Waals surface area (Å²) in [5.41, 5.74) is -0.588. The molecule has 20 heavy (non-hydrogen) atoms. The van der Waals surface area contributed by atoms with Crippen LogP contribution in [0.15, 0.2) is 22.0 Å². The van der Waals surface area contributed by atoms with Gasteiger partial charge in [-0.3, -0.25) is 9.59 Å². The Labute approximate surface area is 121 Å². The summed E-state index contributed by atoms with van der Waals surface area (Å²) >= 11 is 5.62. The smallest absolute Gasteiger partial charge is 0.321 e. The minimum Gasteiger partial charge on any atom is -0.468 e. The van der Waals surface area contributed by atoms with E-state index in [1.165, 1.54) is 7.11 Å². The van der Waals surface area contributed by atoms with Crippen LogP contribution in [0, 0.1) is 0 Å². The highest BCUT2D eigenvalue weighted by Crippen LogP contribution is 2.18. The first-order chi connectivity index (χ1) is 9.20. The lowest BCUT2D eigenvalue weighted by Crippen LogP contribution is -2.41. The molecule has 0 amide bonds. The molecular weight excluding hydrogens is 308 g/mol. The van der Waals surface area contributed by atoms with Crippen molar-refractivity contribution in [2.75, 3.05) is 13.7 Å². The standard InChI is InChI=1S/C11H15ClN2O5S/c1-7(2)14(6-10(15)19-3)20(17,18)8-4-9(12)11(16)13-5-8/h4-5,7H,6H2,1-3H3,(H,13,16). The third kappa shape index (κ3) is 3.59. The molecule has 0 aliphatic rings. The molecule has 0 aliphatic heterocycles. The highest BCUT2D eigenvalue weighted by atomic mass is 35.5. The van der Waals surface area contributed by atoms with Crippen molar-refractivity contribution in [1.29, 1.82) is 0 Å². The van der Waals surface area contributed by atoms with E-state index in [0.29, 0.717) is 0 Å². The van der Waals surface area contributed by atoms with Crippen LogP contribution in [0.1, 0.15) is 13.8 Å². The largest absolute Gasteiger partial charge is 0.468 e. The van der Waals surface area contributed by atoms with Gasteiger partial charge < -0.3 is 9.72 Å². The third-order valence-electron chi connectivity index (χ3n) is 2.53. The van der Waals surface area contributed by atoms with Gasteiger partial charge in [-0.25, -0.2) is 8.42 Å². The number of nitrogens with one attached hydrogen (secondary N) is 1. The molecule has 1 aromatic heterocycles. The van der Waals surface area contributed by atoms with Gasteiger partial charge in [0.05, 0.1) is 12.0 Å². The fraction of sp³-hybridized carbons (Fsp3) is 0.455. The maximum absolute atomic E-state index is 12.4. The fourth-order valence-corrected chi connectivity index (χ4v) is 3.27. The number of methoxy groups -OCH3 is 1. The Morgan fingerprint density at radius 3 is 2.55 bits per heavy atom. The van der Waals surface area contributed by atoms with Gasteiger partial charge in [-0.1, -0.05) is 11.6 Å². The Balaban J connectivity index is 3.25. The van der Waals surface area contributed by atoms with Crippen molar-refractivity contribution in [3.05, 3.63) is 27.6 Å². The lowest BCUT2D eigenvalue weighted by Gasteiger charge is -2.24. The minimum absolute atomic E-state index is 0.195. The van der Waals surface area contributed by atoms with Crippen LogP contribution in [0.25, 0.3) is 0 Å². The lowest BCUT2D eigenvalue weighted by atomic mass is 10.4. The zero-order valence-corrected chi connectivity index (χ0v) is 12.8. The molecule has 0 aliphatic carbocycles. The number of aromatic amines is 1. The summed E-state index contributed by atoms with van der Waals surface area (Å²) in [6.45, 7) is 2.81. The molecule has 0 aromatic carbocycles. The molecule has 1 N–H and O–H groups in total. The van der Waals surface area contributed by atoms with E-state index in [-0.39, 0.29) is 9.92 Å². The number of pyridine rings is 1. The average molecular weight is 323 g/mol. The summed E-state index contributed by atoms with van der Waals surface area (Å²) in [6.07, 6.45) is 1.04. The van der Waals surface area contributed by atoms with E-state index >= 15 is 0 Å². The Morgan fingerprint density at radius 1 is 1.50 bits per heavy atom. The van der Waals surface area contributed by atoms with Gasteiger partial charge in [0, 0.05) is 12.2 Å². The summed E-state index contributed by atoms with van der Waals surface area (Å²) < 4.78 is 30.3. The number of esters is 1. The first kappa shape index (κ1) is 16.7. The number of H-pyrrole nitrogens is 1. The molecule has 7 nitrogen and oxygen atoms in total. The van der Waals surface area contributed by atoms with E-state index in [1.54, 1.807) is 13.8 Å². The van der Waals surface area contributed by atoms with Crippen LogP contribution in [0.3, 0.4) is 0 Å². The van der Waals surface area contributed by atoms with Gasteiger partial charge >= 0.3 is 5.97 Å². The van der Waals surface area contributed by atoms with E-state index in [1.807, 2.05) is 0 Å². The monoisotopic (exact) mass is 322 g/mol. The summed E-state index contributed by atoms with van der Waals surface area (Å²) in [4.78, 5) is 24.5. The molecule has 9 heteroatoms. The first-order valence-electron chi connectivity index (χ1n) is 5.67. The quantitative estimate of drug-likeness (QED) is 0.801. The third-order valence-corrected chi connectivity index (χ3v) is 4.81. The number of rotatable bonds is 5. The molecule has 0 spiro atoms. The second kappa shape index (κ2) is 6.38. The van der Waals surface area contributed by atoms with Crippen molar-refractivity contribution in [1.82, 2.24) is 9.29 Å². The topological polar surface area (TPSA) is 96.5 Å². The first-order valence-corrected chi connectivity index (χ1v) is 7.49. The van der Waals surface area contributed by atoms with Crippen LogP contribution in [0.2, 0.25) is 5.02 Å². The van der Waals surface area contributed by atoms with Gasteiger partial charge in [0.25, 0.3) is 5.56 Å². The van der Waals surface area contributed by atoms with Gasteiger partial charge in [0.15, 0.2) is 0 Å². The van der Waals surface area contributed by atoms with Crippen LogP contribution in [-0.2, 0) is 19.6 Å². The number of halogens is 1. The van der Waals surface area contributed by atoms with E-state index in [2.05, 4.69) is 9.72 Å². The number of carbonyl (C=O) groups excluding carboxylic acids is 1. The number of aromatic nitrogens is 1. The second-order valence-electron chi connectivity index (χ2n) is 4.23. The lowest BCUT2D eigenvalue weighted by molar-refractivity contribution is -0.141. The van der Waals surface area contributed by atoms with Crippen molar-refractivity contribution in [3.63, 3.8) is 0 Å². The number of nitrogens with zero attached hydrogens (tertiary/aromatic N) is 1. The van der Waals surface area contributed by atoms with Gasteiger partial charge in [0.1, 0.15) is 11.6 Å². The van der Waals surface area contributed by atoms with Crippen molar-refractivity contribution >= 4 is 27.6 Å². The number of hydrogen-bond donors (Lipinski definition) is 1. The molecule has 112 valence electrons. The average Bonchev–Trinajstić information content (AvgIpc) is 2.37. The molecule has 0 fully saturated rings. The fourth-order valence-electron chi connectivity index (χ4n) is 1.46. The molecule has 0 bridgehead atoms. The molecule has 1 aromatic rings. The number of sulfonamides is 1. The number of hydrogen-bond acceptors (Lipinski definition) is 5. The van der Waals surface area contributed by atoms with Crippen LogP contribution >= 0.6 is 11.6 Å². The number of ether oxygens (including phenoxy) is 1. The Morgan fingerprint density at radius 2 is 2.10 bits per heavy atom. The van der Waals surface area contributed by atoms with Gasteiger partial charge in [-0.05, 0) is 19.9 Å². The molecule has 1 rings (SSSR count). The molecule has 1 heterocycles. The second-order valence-corrected chi connectivity index (χ2v) is 6.53. The van der Waals surface area contributed by atoms with E-state index in [0.717, 1.165) is 16.6 Å².